The second kappa shape index (κ2) is 4.25. The zero-order valence-electron chi connectivity index (χ0n) is 8.18. The molecule has 1 fully saturated rings. The summed E-state index contributed by atoms with van der Waals surface area (Å²) >= 11 is 1.90. The first-order chi connectivity index (χ1) is 6.38. The van der Waals surface area contributed by atoms with Crippen molar-refractivity contribution in [1.82, 2.24) is 5.32 Å². The molecule has 0 bridgehead atoms. The van der Waals surface area contributed by atoms with Crippen molar-refractivity contribution in [2.75, 3.05) is 6.54 Å². The summed E-state index contributed by atoms with van der Waals surface area (Å²) in [5, 5.41) is 5.84. The van der Waals surface area contributed by atoms with Gasteiger partial charge in [-0.15, -0.1) is 11.3 Å². The predicted molar refractivity (Wildman–Crippen MR) is 58.3 cm³/mol. The Kier molecular flexibility index (Phi) is 3.01. The average Bonchev–Trinajstić information content (AvgIpc) is 2.43. The van der Waals surface area contributed by atoms with Gasteiger partial charge in [0, 0.05) is 10.9 Å². The summed E-state index contributed by atoms with van der Waals surface area (Å²) < 4.78 is 0. The van der Waals surface area contributed by atoms with Crippen molar-refractivity contribution in [2.45, 2.75) is 38.6 Å². The van der Waals surface area contributed by atoms with E-state index in [1.165, 1.54) is 37.8 Å². The second-order valence-electron chi connectivity index (χ2n) is 3.82. The third kappa shape index (κ3) is 2.12. The van der Waals surface area contributed by atoms with E-state index in [9.17, 15) is 0 Å². The van der Waals surface area contributed by atoms with Crippen LogP contribution in [0.3, 0.4) is 0 Å². The van der Waals surface area contributed by atoms with E-state index in [1.807, 2.05) is 11.3 Å². The van der Waals surface area contributed by atoms with Crippen LogP contribution in [0.15, 0.2) is 11.4 Å². The first-order valence-corrected chi connectivity index (χ1v) is 6.03. The second-order valence-corrected chi connectivity index (χ2v) is 4.77. The van der Waals surface area contributed by atoms with Gasteiger partial charge in [0.05, 0.1) is 0 Å². The van der Waals surface area contributed by atoms with Gasteiger partial charge in [-0.05, 0) is 43.3 Å². The molecule has 1 N–H and O–H groups in total. The number of nitrogens with one attached hydrogen (secondary N) is 1. The molecule has 0 unspecified atom stereocenters. The molecule has 0 spiro atoms. The van der Waals surface area contributed by atoms with Gasteiger partial charge in [-0.3, -0.25) is 0 Å². The molecule has 0 saturated carbocycles. The smallest absolute Gasteiger partial charge is 0.0417 e. The van der Waals surface area contributed by atoms with Crippen molar-refractivity contribution in [3.8, 4) is 0 Å². The summed E-state index contributed by atoms with van der Waals surface area (Å²) in [5.74, 6) is 0. The van der Waals surface area contributed by atoms with Crippen LogP contribution in [0.5, 0.6) is 0 Å². The van der Waals surface area contributed by atoms with Crippen LogP contribution in [0.4, 0.5) is 0 Å². The molecule has 1 aromatic rings. The van der Waals surface area contributed by atoms with Crippen molar-refractivity contribution in [3.05, 3.63) is 21.9 Å². The highest BCUT2D eigenvalue weighted by Crippen LogP contribution is 2.29. The van der Waals surface area contributed by atoms with E-state index in [-0.39, 0.29) is 0 Å². The number of hydrogen-bond donors (Lipinski definition) is 1. The lowest BCUT2D eigenvalue weighted by Crippen LogP contribution is -2.19. The highest BCUT2D eigenvalue weighted by Gasteiger charge is 2.15. The first kappa shape index (κ1) is 9.22. The number of hydrogen-bond acceptors (Lipinski definition) is 2. The average molecular weight is 195 g/mol. The van der Waals surface area contributed by atoms with Gasteiger partial charge in [0.2, 0.25) is 0 Å². The maximum atomic E-state index is 3.64. The van der Waals surface area contributed by atoms with Gasteiger partial charge in [0.1, 0.15) is 0 Å². The van der Waals surface area contributed by atoms with Gasteiger partial charge in [-0.2, -0.15) is 0 Å². The van der Waals surface area contributed by atoms with E-state index >= 15 is 0 Å². The van der Waals surface area contributed by atoms with Crippen molar-refractivity contribution < 1.29 is 0 Å². The van der Waals surface area contributed by atoms with Gasteiger partial charge in [-0.25, -0.2) is 0 Å². The van der Waals surface area contributed by atoms with E-state index in [2.05, 4.69) is 23.7 Å². The van der Waals surface area contributed by atoms with Crippen LogP contribution < -0.4 is 5.32 Å². The van der Waals surface area contributed by atoms with Gasteiger partial charge >= 0.3 is 0 Å². The van der Waals surface area contributed by atoms with Crippen LogP contribution in [0.25, 0.3) is 0 Å². The molecule has 1 nitrogen and oxygen atoms in total. The Hall–Kier alpha value is -0.340. The topological polar surface area (TPSA) is 12.0 Å². The minimum absolute atomic E-state index is 0.641. The lowest BCUT2D eigenvalue weighted by atomic mass is 10.1. The van der Waals surface area contributed by atoms with Crippen molar-refractivity contribution >= 4 is 11.3 Å². The fourth-order valence-corrected chi connectivity index (χ4v) is 3.03. The molecular formula is C11H17NS. The van der Waals surface area contributed by atoms with E-state index in [1.54, 1.807) is 4.88 Å². The lowest BCUT2D eigenvalue weighted by molar-refractivity contribution is 0.541. The van der Waals surface area contributed by atoms with Crippen molar-refractivity contribution in [3.63, 3.8) is 0 Å². The minimum atomic E-state index is 0.641. The van der Waals surface area contributed by atoms with Crippen LogP contribution in [-0.4, -0.2) is 6.54 Å². The Morgan fingerprint density at radius 1 is 1.38 bits per heavy atom. The van der Waals surface area contributed by atoms with Crippen LogP contribution in [0, 0.1) is 6.92 Å². The van der Waals surface area contributed by atoms with Crippen molar-refractivity contribution in [1.29, 1.82) is 0 Å². The largest absolute Gasteiger partial charge is 0.309 e. The van der Waals surface area contributed by atoms with E-state index < -0.39 is 0 Å². The summed E-state index contributed by atoms with van der Waals surface area (Å²) in [4.78, 5) is 1.56. The third-order valence-electron chi connectivity index (χ3n) is 2.78. The Bertz CT molecular complexity index is 259. The number of rotatable bonds is 1. The van der Waals surface area contributed by atoms with E-state index in [4.69, 9.17) is 0 Å². The van der Waals surface area contributed by atoms with Crippen LogP contribution >= 0.6 is 11.3 Å². The molecule has 0 aromatic carbocycles. The zero-order valence-corrected chi connectivity index (χ0v) is 8.99. The molecule has 2 rings (SSSR count). The summed E-state index contributed by atoms with van der Waals surface area (Å²) in [6.45, 7) is 3.42. The summed E-state index contributed by atoms with van der Waals surface area (Å²) in [5.41, 5.74) is 1.46. The monoisotopic (exact) mass is 195 g/mol. The molecule has 1 atom stereocenters. The molecule has 72 valence electrons. The molecule has 13 heavy (non-hydrogen) atoms. The Morgan fingerprint density at radius 3 is 3.08 bits per heavy atom. The van der Waals surface area contributed by atoms with Crippen LogP contribution in [0.1, 0.15) is 42.2 Å². The molecular weight excluding hydrogens is 178 g/mol. The van der Waals surface area contributed by atoms with E-state index in [0.29, 0.717) is 6.04 Å². The highest BCUT2D eigenvalue weighted by atomic mass is 32.1. The minimum Gasteiger partial charge on any atom is -0.309 e. The van der Waals surface area contributed by atoms with Crippen molar-refractivity contribution in [2.24, 2.45) is 0 Å². The Morgan fingerprint density at radius 2 is 2.31 bits per heavy atom. The molecule has 1 aliphatic heterocycles. The van der Waals surface area contributed by atoms with Crippen LogP contribution in [0.2, 0.25) is 0 Å². The molecule has 1 aromatic heterocycles. The first-order valence-electron chi connectivity index (χ1n) is 5.15. The zero-order chi connectivity index (χ0) is 9.10. The summed E-state index contributed by atoms with van der Waals surface area (Å²) in [6, 6.07) is 2.87. The Labute approximate surface area is 84.2 Å². The van der Waals surface area contributed by atoms with Gasteiger partial charge in [0.25, 0.3) is 0 Å². The van der Waals surface area contributed by atoms with E-state index in [0.717, 1.165) is 0 Å². The molecule has 2 heteroatoms. The quantitative estimate of drug-likeness (QED) is 0.725. The fraction of sp³-hybridized carbons (Fsp3) is 0.636. The predicted octanol–water partition coefficient (Wildman–Crippen LogP) is 3.26. The maximum absolute atomic E-state index is 3.64. The molecule has 0 aliphatic carbocycles. The van der Waals surface area contributed by atoms with Gasteiger partial charge in [0.15, 0.2) is 0 Å². The number of thiophene rings is 1. The van der Waals surface area contributed by atoms with Gasteiger partial charge < -0.3 is 5.32 Å². The highest BCUT2D eigenvalue weighted by molar-refractivity contribution is 7.10. The lowest BCUT2D eigenvalue weighted by Gasteiger charge is -2.14. The maximum Gasteiger partial charge on any atom is 0.0417 e. The number of aryl methyl sites for hydroxylation is 1. The SMILES string of the molecule is Cc1ccsc1[C@H]1CCCCCN1. The normalized spacial score (nSPS) is 24.2. The summed E-state index contributed by atoms with van der Waals surface area (Å²) in [7, 11) is 0. The Balaban J connectivity index is 2.10. The third-order valence-corrected chi connectivity index (χ3v) is 3.91. The molecule has 0 radical (unpaired) electrons. The van der Waals surface area contributed by atoms with Crippen LogP contribution in [-0.2, 0) is 0 Å². The molecule has 2 heterocycles. The molecule has 0 amide bonds. The standard InChI is InChI=1S/C11H17NS/c1-9-6-8-13-11(9)10-5-3-2-4-7-12-10/h6,8,10,12H,2-5,7H2,1H3/t10-/m1/s1. The molecule has 1 aliphatic rings. The summed E-state index contributed by atoms with van der Waals surface area (Å²) in [6.07, 6.45) is 5.45. The fourth-order valence-electron chi connectivity index (χ4n) is 1.99. The molecule has 1 saturated heterocycles. The van der Waals surface area contributed by atoms with Gasteiger partial charge in [-0.1, -0.05) is 12.8 Å².